The van der Waals surface area contributed by atoms with Gasteiger partial charge in [-0.05, 0) is 28.5 Å². The molecule has 2 N–H and O–H groups in total. The zero-order valence-electron chi connectivity index (χ0n) is 16.7. The molecular weight excluding hydrogens is 390 g/mol. The van der Waals surface area contributed by atoms with E-state index in [0.717, 1.165) is 21.9 Å². The Morgan fingerprint density at radius 3 is 2.55 bits per heavy atom. The number of H-pyrrole nitrogens is 1. The number of amides is 1. The van der Waals surface area contributed by atoms with Crippen LogP contribution in [0.5, 0.6) is 0 Å². The molecule has 1 aromatic heterocycles. The minimum atomic E-state index is -0.630. The van der Waals surface area contributed by atoms with Crippen LogP contribution < -0.4 is 5.32 Å². The highest BCUT2D eigenvalue weighted by molar-refractivity contribution is 5.91. The number of aromatic nitrogens is 2. The highest BCUT2D eigenvalue weighted by atomic mass is 16.5. The zero-order chi connectivity index (χ0) is 21.5. The zero-order valence-corrected chi connectivity index (χ0v) is 16.7. The van der Waals surface area contributed by atoms with Gasteiger partial charge in [0.15, 0.2) is 6.61 Å². The summed E-state index contributed by atoms with van der Waals surface area (Å²) in [6, 6.07) is 25.4. The van der Waals surface area contributed by atoms with E-state index in [1.807, 2.05) is 84.9 Å². The van der Waals surface area contributed by atoms with E-state index in [0.29, 0.717) is 12.2 Å². The van der Waals surface area contributed by atoms with Crippen LogP contribution >= 0.6 is 0 Å². The van der Waals surface area contributed by atoms with Crippen LogP contribution in [0.1, 0.15) is 16.1 Å². The molecule has 4 rings (SSSR count). The van der Waals surface area contributed by atoms with E-state index < -0.39 is 5.97 Å². The molecule has 0 fully saturated rings. The lowest BCUT2D eigenvalue weighted by Crippen LogP contribution is -2.28. The normalized spacial score (nSPS) is 11.0. The number of benzene rings is 3. The summed E-state index contributed by atoms with van der Waals surface area (Å²) in [5.74, 6) is -1.00. The minimum absolute atomic E-state index is 0.194. The molecule has 6 nitrogen and oxygen atoms in total. The predicted octanol–water partition coefficient (Wildman–Crippen LogP) is 4.22. The SMILES string of the molecule is O=C(COC(=O)c1cc(-c2ccc3ccccc3c2)n[nH]1)NC/C=C/c1ccccc1. The number of carbonyl (C=O) groups excluding carboxylic acids is 2. The van der Waals surface area contributed by atoms with Crippen molar-refractivity contribution in [1.82, 2.24) is 15.5 Å². The van der Waals surface area contributed by atoms with Crippen LogP contribution in [0.2, 0.25) is 0 Å². The Morgan fingerprint density at radius 2 is 1.71 bits per heavy atom. The van der Waals surface area contributed by atoms with Crippen molar-refractivity contribution < 1.29 is 14.3 Å². The van der Waals surface area contributed by atoms with E-state index in [-0.39, 0.29) is 18.2 Å². The lowest BCUT2D eigenvalue weighted by molar-refractivity contribution is -0.124. The average molecular weight is 411 g/mol. The summed E-state index contributed by atoms with van der Waals surface area (Å²) < 4.78 is 5.08. The van der Waals surface area contributed by atoms with E-state index in [9.17, 15) is 9.59 Å². The first kappa shape index (κ1) is 20.1. The molecule has 0 saturated carbocycles. The number of aromatic amines is 1. The number of nitrogens with one attached hydrogen (secondary N) is 2. The molecule has 0 unspecified atom stereocenters. The van der Waals surface area contributed by atoms with Gasteiger partial charge in [-0.25, -0.2) is 4.79 Å². The summed E-state index contributed by atoms with van der Waals surface area (Å²) in [7, 11) is 0. The van der Waals surface area contributed by atoms with Crippen molar-refractivity contribution in [3.63, 3.8) is 0 Å². The van der Waals surface area contributed by atoms with E-state index in [1.54, 1.807) is 6.07 Å². The number of nitrogens with zero attached hydrogens (tertiary/aromatic N) is 1. The largest absolute Gasteiger partial charge is 0.451 e. The molecule has 0 bridgehead atoms. The molecular formula is C25H21N3O3. The Hall–Kier alpha value is -4.19. The molecule has 154 valence electrons. The molecule has 0 saturated heterocycles. The summed E-state index contributed by atoms with van der Waals surface area (Å²) in [5.41, 5.74) is 2.76. The van der Waals surface area contributed by atoms with Crippen molar-refractivity contribution in [2.75, 3.05) is 13.2 Å². The predicted molar refractivity (Wildman–Crippen MR) is 120 cm³/mol. The second kappa shape index (κ2) is 9.54. The van der Waals surface area contributed by atoms with E-state index in [2.05, 4.69) is 15.5 Å². The van der Waals surface area contributed by atoms with Crippen LogP contribution in [-0.4, -0.2) is 35.2 Å². The van der Waals surface area contributed by atoms with Gasteiger partial charge in [-0.2, -0.15) is 5.10 Å². The number of hydrogen-bond acceptors (Lipinski definition) is 4. The molecule has 0 spiro atoms. The van der Waals surface area contributed by atoms with Gasteiger partial charge in [-0.1, -0.05) is 78.9 Å². The summed E-state index contributed by atoms with van der Waals surface area (Å²) in [4.78, 5) is 24.1. The standard InChI is InChI=1S/C25H21N3O3/c29-24(26-14-6-9-18-7-2-1-3-8-18)17-31-25(30)23-16-22(27-28-23)21-13-12-19-10-4-5-11-20(19)15-21/h1-13,15-16H,14,17H2,(H,26,29)(H,27,28)/b9-6+. The van der Waals surface area contributed by atoms with Crippen molar-refractivity contribution >= 4 is 28.7 Å². The smallest absolute Gasteiger partial charge is 0.356 e. The first-order valence-electron chi connectivity index (χ1n) is 9.89. The molecule has 3 aromatic carbocycles. The number of hydrogen-bond donors (Lipinski definition) is 2. The highest BCUT2D eigenvalue weighted by Gasteiger charge is 2.14. The van der Waals surface area contributed by atoms with Crippen molar-refractivity contribution in [3.05, 3.63) is 96.2 Å². The molecule has 0 aliphatic carbocycles. The lowest BCUT2D eigenvalue weighted by atomic mass is 10.1. The molecule has 0 radical (unpaired) electrons. The Kier molecular flexibility index (Phi) is 6.18. The summed E-state index contributed by atoms with van der Waals surface area (Å²) in [6.45, 7) is -0.0101. The minimum Gasteiger partial charge on any atom is -0.451 e. The van der Waals surface area contributed by atoms with Crippen molar-refractivity contribution in [1.29, 1.82) is 0 Å². The van der Waals surface area contributed by atoms with Gasteiger partial charge in [0, 0.05) is 12.1 Å². The van der Waals surface area contributed by atoms with Crippen molar-refractivity contribution in [2.24, 2.45) is 0 Å². The lowest BCUT2D eigenvalue weighted by Gasteiger charge is -2.03. The summed E-state index contributed by atoms with van der Waals surface area (Å²) in [5, 5.41) is 11.8. The maximum absolute atomic E-state index is 12.2. The Morgan fingerprint density at radius 1 is 0.935 bits per heavy atom. The van der Waals surface area contributed by atoms with Crippen molar-refractivity contribution in [2.45, 2.75) is 0 Å². The molecule has 6 heteroatoms. The number of carbonyl (C=O) groups is 2. The first-order chi connectivity index (χ1) is 15.2. The highest BCUT2D eigenvalue weighted by Crippen LogP contribution is 2.23. The molecule has 0 aliphatic heterocycles. The molecule has 1 heterocycles. The van der Waals surface area contributed by atoms with Gasteiger partial charge in [0.05, 0.1) is 5.69 Å². The fourth-order valence-corrected chi connectivity index (χ4v) is 3.11. The second-order valence-corrected chi connectivity index (χ2v) is 6.92. The van der Waals surface area contributed by atoms with E-state index in [4.69, 9.17) is 4.74 Å². The van der Waals surface area contributed by atoms with Crippen LogP contribution in [-0.2, 0) is 9.53 Å². The van der Waals surface area contributed by atoms with E-state index in [1.165, 1.54) is 0 Å². The van der Waals surface area contributed by atoms with Crippen LogP contribution in [0, 0.1) is 0 Å². The van der Waals surface area contributed by atoms with Gasteiger partial charge in [-0.15, -0.1) is 0 Å². The maximum atomic E-state index is 12.2. The maximum Gasteiger partial charge on any atom is 0.356 e. The van der Waals surface area contributed by atoms with Gasteiger partial charge in [-0.3, -0.25) is 9.89 Å². The number of ether oxygens (including phenoxy) is 1. The van der Waals surface area contributed by atoms with Crippen molar-refractivity contribution in [3.8, 4) is 11.3 Å². The number of rotatable bonds is 7. The molecule has 1 amide bonds. The van der Waals surface area contributed by atoms with Crippen LogP contribution in [0.4, 0.5) is 0 Å². The van der Waals surface area contributed by atoms with Gasteiger partial charge in [0.2, 0.25) is 0 Å². The Balaban J connectivity index is 1.28. The molecule has 31 heavy (non-hydrogen) atoms. The average Bonchev–Trinajstić information content (AvgIpc) is 3.31. The topological polar surface area (TPSA) is 84.1 Å². The number of esters is 1. The third-order valence-corrected chi connectivity index (χ3v) is 4.70. The van der Waals surface area contributed by atoms with Gasteiger partial charge in [0.25, 0.3) is 5.91 Å². The molecule has 0 atom stereocenters. The van der Waals surface area contributed by atoms with Gasteiger partial charge in [0.1, 0.15) is 5.69 Å². The number of fused-ring (bicyclic) bond motifs is 1. The monoisotopic (exact) mass is 411 g/mol. The summed E-state index contributed by atoms with van der Waals surface area (Å²) in [6.07, 6.45) is 3.74. The molecule has 4 aromatic rings. The second-order valence-electron chi connectivity index (χ2n) is 6.92. The van der Waals surface area contributed by atoms with Gasteiger partial charge < -0.3 is 10.1 Å². The Bertz CT molecular complexity index is 1230. The Labute approximate surface area is 179 Å². The molecule has 0 aliphatic rings. The van der Waals surface area contributed by atoms with Crippen LogP contribution in [0.15, 0.2) is 84.9 Å². The fraction of sp³-hybridized carbons (Fsp3) is 0.0800. The quantitative estimate of drug-likeness (QED) is 0.446. The first-order valence-corrected chi connectivity index (χ1v) is 9.89. The van der Waals surface area contributed by atoms with Crippen LogP contribution in [0.3, 0.4) is 0 Å². The third-order valence-electron chi connectivity index (χ3n) is 4.70. The summed E-state index contributed by atoms with van der Waals surface area (Å²) >= 11 is 0. The fourth-order valence-electron chi connectivity index (χ4n) is 3.11. The van der Waals surface area contributed by atoms with Crippen LogP contribution in [0.25, 0.3) is 28.1 Å². The van der Waals surface area contributed by atoms with E-state index >= 15 is 0 Å². The van der Waals surface area contributed by atoms with Gasteiger partial charge >= 0.3 is 5.97 Å². The third kappa shape index (κ3) is 5.25.